The van der Waals surface area contributed by atoms with Gasteiger partial charge in [0.25, 0.3) is 5.69 Å². The number of hydrogen-bond acceptors (Lipinski definition) is 5. The summed E-state index contributed by atoms with van der Waals surface area (Å²) in [5.41, 5.74) is 0.860. The highest BCUT2D eigenvalue weighted by Crippen LogP contribution is 2.26. The molecular weight excluding hydrogens is 338 g/mol. The number of carbonyl (C=O) groups excluding carboxylic acids is 1. The van der Waals surface area contributed by atoms with Crippen molar-refractivity contribution >= 4 is 22.5 Å². The number of hydrogen-bond donors (Lipinski definition) is 0. The van der Waals surface area contributed by atoms with E-state index in [0.29, 0.717) is 19.8 Å². The number of carbonyl (C=O) groups is 1. The summed E-state index contributed by atoms with van der Waals surface area (Å²) >= 11 is 0. The van der Waals surface area contributed by atoms with Gasteiger partial charge in [-0.05, 0) is 31.4 Å². The first-order chi connectivity index (χ1) is 12.6. The predicted molar refractivity (Wildman–Crippen MR) is 93.6 cm³/mol. The molecule has 0 N–H and O–H groups in total. The summed E-state index contributed by atoms with van der Waals surface area (Å²) in [5.74, 6) is 0.0182. The molecule has 2 aromatic rings. The fourth-order valence-corrected chi connectivity index (χ4v) is 3.82. The molecule has 0 spiro atoms. The van der Waals surface area contributed by atoms with Crippen molar-refractivity contribution in [3.8, 4) is 0 Å². The second kappa shape index (κ2) is 7.05. The molecule has 1 unspecified atom stereocenters. The molecule has 0 bridgehead atoms. The van der Waals surface area contributed by atoms with Crippen LogP contribution >= 0.6 is 0 Å². The Balaban J connectivity index is 1.53. The van der Waals surface area contributed by atoms with Gasteiger partial charge in [-0.2, -0.15) is 0 Å². The third kappa shape index (κ3) is 3.17. The zero-order chi connectivity index (χ0) is 18.1. The van der Waals surface area contributed by atoms with Crippen molar-refractivity contribution in [3.05, 3.63) is 40.6 Å². The van der Waals surface area contributed by atoms with Gasteiger partial charge in [0.2, 0.25) is 5.91 Å². The number of benzene rings is 1. The van der Waals surface area contributed by atoms with Gasteiger partial charge in [-0.3, -0.25) is 14.9 Å². The third-order valence-electron chi connectivity index (χ3n) is 5.10. The average Bonchev–Trinajstić information content (AvgIpc) is 3.31. The number of fused-ring (bicyclic) bond motifs is 1. The van der Waals surface area contributed by atoms with Gasteiger partial charge >= 0.3 is 0 Å². The van der Waals surface area contributed by atoms with E-state index in [4.69, 9.17) is 9.47 Å². The maximum absolute atomic E-state index is 12.9. The Morgan fingerprint density at radius 3 is 2.81 bits per heavy atom. The number of piperidine rings is 1. The maximum Gasteiger partial charge on any atom is 0.270 e. The van der Waals surface area contributed by atoms with E-state index in [1.165, 1.54) is 12.1 Å². The van der Waals surface area contributed by atoms with Crippen LogP contribution in [0.1, 0.15) is 19.3 Å². The molecule has 0 radical (unpaired) electrons. The molecule has 26 heavy (non-hydrogen) atoms. The topological polar surface area (TPSA) is 86.8 Å². The van der Waals surface area contributed by atoms with Crippen molar-refractivity contribution in [1.29, 1.82) is 0 Å². The fourth-order valence-electron chi connectivity index (χ4n) is 3.82. The Morgan fingerprint density at radius 2 is 2.04 bits per heavy atom. The van der Waals surface area contributed by atoms with Crippen LogP contribution in [-0.4, -0.2) is 52.4 Å². The Kier molecular flexibility index (Phi) is 4.60. The number of nitro benzene ring substituents is 1. The molecule has 0 saturated carbocycles. The fraction of sp³-hybridized carbons (Fsp3) is 0.500. The van der Waals surface area contributed by atoms with Gasteiger partial charge in [-0.25, -0.2) is 0 Å². The average molecular weight is 359 g/mol. The second-order valence-electron chi connectivity index (χ2n) is 6.70. The number of nitro groups is 1. The zero-order valence-electron chi connectivity index (χ0n) is 14.4. The number of ether oxygens (including phenoxy) is 2. The lowest BCUT2D eigenvalue weighted by Crippen LogP contribution is -2.51. The highest BCUT2D eigenvalue weighted by molar-refractivity contribution is 5.85. The van der Waals surface area contributed by atoms with Crippen molar-refractivity contribution in [2.24, 2.45) is 0 Å². The molecule has 3 heterocycles. The molecule has 0 aliphatic carbocycles. The summed E-state index contributed by atoms with van der Waals surface area (Å²) < 4.78 is 13.1. The summed E-state index contributed by atoms with van der Waals surface area (Å²) in [5, 5.41) is 11.7. The first-order valence-corrected chi connectivity index (χ1v) is 8.89. The SMILES string of the molecule is O=C(Cn1ccc2cc([N+](=O)[O-])ccc21)N1CCCCC1C1OCCO1. The van der Waals surface area contributed by atoms with Crippen LogP contribution in [0.2, 0.25) is 0 Å². The molecule has 1 aromatic carbocycles. The van der Waals surface area contributed by atoms with Crippen molar-refractivity contribution in [2.75, 3.05) is 19.8 Å². The van der Waals surface area contributed by atoms with Crippen molar-refractivity contribution in [2.45, 2.75) is 38.1 Å². The van der Waals surface area contributed by atoms with E-state index in [2.05, 4.69) is 0 Å². The Hall–Kier alpha value is -2.45. The van der Waals surface area contributed by atoms with E-state index < -0.39 is 4.92 Å². The zero-order valence-corrected chi connectivity index (χ0v) is 14.4. The van der Waals surface area contributed by atoms with Gasteiger partial charge in [0.15, 0.2) is 6.29 Å². The lowest BCUT2D eigenvalue weighted by Gasteiger charge is -2.38. The second-order valence-corrected chi connectivity index (χ2v) is 6.70. The van der Waals surface area contributed by atoms with Crippen LogP contribution in [0.4, 0.5) is 5.69 Å². The van der Waals surface area contributed by atoms with Gasteiger partial charge in [0.1, 0.15) is 6.54 Å². The molecule has 1 amide bonds. The molecule has 2 aliphatic rings. The van der Waals surface area contributed by atoms with Crippen LogP contribution in [0.25, 0.3) is 10.9 Å². The first kappa shape index (κ1) is 17.0. The predicted octanol–water partition coefficient (Wildman–Crippen LogP) is 2.30. The van der Waals surface area contributed by atoms with Crippen molar-refractivity contribution in [3.63, 3.8) is 0 Å². The number of aromatic nitrogens is 1. The summed E-state index contributed by atoms with van der Waals surface area (Å²) in [6.07, 6.45) is 4.40. The molecule has 8 nitrogen and oxygen atoms in total. The van der Waals surface area contributed by atoms with Gasteiger partial charge in [0, 0.05) is 35.8 Å². The lowest BCUT2D eigenvalue weighted by molar-refractivity contribution is -0.384. The summed E-state index contributed by atoms with van der Waals surface area (Å²) in [4.78, 5) is 25.3. The molecule has 2 aliphatic heterocycles. The van der Waals surface area contributed by atoms with E-state index in [1.807, 2.05) is 9.47 Å². The van der Waals surface area contributed by atoms with Gasteiger partial charge in [-0.15, -0.1) is 0 Å². The van der Waals surface area contributed by atoms with E-state index in [-0.39, 0.29) is 30.5 Å². The lowest BCUT2D eigenvalue weighted by atomic mass is 10.0. The first-order valence-electron chi connectivity index (χ1n) is 8.89. The molecular formula is C18H21N3O5. The van der Waals surface area contributed by atoms with Crippen LogP contribution in [0.15, 0.2) is 30.5 Å². The van der Waals surface area contributed by atoms with E-state index in [0.717, 1.165) is 30.2 Å². The summed E-state index contributed by atoms with van der Waals surface area (Å²) in [7, 11) is 0. The molecule has 2 fully saturated rings. The monoisotopic (exact) mass is 359 g/mol. The molecule has 4 rings (SSSR count). The Bertz CT molecular complexity index is 827. The molecule has 138 valence electrons. The van der Waals surface area contributed by atoms with Crippen LogP contribution < -0.4 is 0 Å². The molecule has 2 saturated heterocycles. The minimum absolute atomic E-state index is 0.0182. The van der Waals surface area contributed by atoms with Crippen molar-refractivity contribution in [1.82, 2.24) is 9.47 Å². The third-order valence-corrected chi connectivity index (χ3v) is 5.10. The van der Waals surface area contributed by atoms with Crippen LogP contribution in [-0.2, 0) is 20.8 Å². The highest BCUT2D eigenvalue weighted by atomic mass is 16.7. The standard InChI is InChI=1S/C18H21N3O5/c22-17(20-7-2-1-3-16(20)18-25-9-10-26-18)12-19-8-6-13-11-14(21(23)24)4-5-15(13)19/h4-6,8,11,16,18H,1-3,7,9-10,12H2. The minimum atomic E-state index is -0.415. The van der Waals surface area contributed by atoms with E-state index in [9.17, 15) is 14.9 Å². The summed E-state index contributed by atoms with van der Waals surface area (Å²) in [6.45, 7) is 2.05. The Morgan fingerprint density at radius 1 is 1.23 bits per heavy atom. The van der Waals surface area contributed by atoms with E-state index in [1.54, 1.807) is 18.3 Å². The maximum atomic E-state index is 12.9. The van der Waals surface area contributed by atoms with Crippen LogP contribution in [0.3, 0.4) is 0 Å². The minimum Gasteiger partial charge on any atom is -0.348 e. The van der Waals surface area contributed by atoms with Crippen LogP contribution in [0, 0.1) is 10.1 Å². The number of likely N-dealkylation sites (tertiary alicyclic amines) is 1. The Labute approximate surface area is 150 Å². The molecule has 1 aromatic heterocycles. The highest BCUT2D eigenvalue weighted by Gasteiger charge is 2.36. The molecule has 1 atom stereocenters. The number of amides is 1. The van der Waals surface area contributed by atoms with E-state index >= 15 is 0 Å². The molecule has 8 heteroatoms. The normalized spacial score (nSPS) is 21.4. The van der Waals surface area contributed by atoms with Gasteiger partial charge < -0.3 is 18.9 Å². The number of non-ortho nitro benzene ring substituents is 1. The quantitative estimate of drug-likeness (QED) is 0.617. The smallest absolute Gasteiger partial charge is 0.270 e. The van der Waals surface area contributed by atoms with Crippen molar-refractivity contribution < 1.29 is 19.2 Å². The largest absolute Gasteiger partial charge is 0.348 e. The summed E-state index contributed by atoms with van der Waals surface area (Å²) in [6, 6.07) is 6.44. The number of nitrogens with zero attached hydrogens (tertiary/aromatic N) is 3. The number of rotatable bonds is 4. The van der Waals surface area contributed by atoms with Crippen LogP contribution in [0.5, 0.6) is 0 Å². The van der Waals surface area contributed by atoms with Gasteiger partial charge in [-0.1, -0.05) is 0 Å². The van der Waals surface area contributed by atoms with Gasteiger partial charge in [0.05, 0.1) is 24.2 Å².